The van der Waals surface area contributed by atoms with Crippen molar-refractivity contribution in [2.24, 2.45) is 0 Å². The van der Waals surface area contributed by atoms with Crippen molar-refractivity contribution < 1.29 is 28.5 Å². The van der Waals surface area contributed by atoms with E-state index in [2.05, 4.69) is 5.32 Å². The molecular weight excluding hydrogens is 370 g/mol. The van der Waals surface area contributed by atoms with Crippen molar-refractivity contribution in [1.82, 2.24) is 10.6 Å². The molecule has 2 rings (SSSR count). The van der Waals surface area contributed by atoms with E-state index in [-0.39, 0.29) is 22.8 Å². The number of benzene rings is 1. The van der Waals surface area contributed by atoms with Crippen LogP contribution in [0.3, 0.4) is 0 Å². The molecule has 0 unspecified atom stereocenters. The summed E-state index contributed by atoms with van der Waals surface area (Å²) in [5, 5.41) is 14.7. The van der Waals surface area contributed by atoms with Crippen LogP contribution in [0.15, 0.2) is 41.0 Å². The van der Waals surface area contributed by atoms with Crippen LogP contribution in [0.1, 0.15) is 16.1 Å². The molecule has 10 nitrogen and oxygen atoms in total. The lowest BCUT2D eigenvalue weighted by atomic mass is 10.2. The molecule has 0 saturated heterocycles. The molecule has 26 heavy (non-hydrogen) atoms. The van der Waals surface area contributed by atoms with Gasteiger partial charge in [0.2, 0.25) is 0 Å². The highest BCUT2D eigenvalue weighted by Crippen LogP contribution is 2.23. The number of nitro groups is 1. The smallest absolute Gasteiger partial charge is 0.340 e. The summed E-state index contributed by atoms with van der Waals surface area (Å²) in [7, 11) is 0. The van der Waals surface area contributed by atoms with E-state index in [9.17, 15) is 24.5 Å². The van der Waals surface area contributed by atoms with E-state index in [1.54, 1.807) is 12.1 Å². The minimum atomic E-state index is -0.962. The lowest BCUT2D eigenvalue weighted by Gasteiger charge is -2.07. The van der Waals surface area contributed by atoms with Crippen LogP contribution in [-0.2, 0) is 16.1 Å². The van der Waals surface area contributed by atoms with Crippen LogP contribution < -0.4 is 10.6 Å². The predicted molar refractivity (Wildman–Crippen MR) is 87.5 cm³/mol. The number of furan rings is 1. The van der Waals surface area contributed by atoms with Crippen molar-refractivity contribution in [3.05, 3.63) is 63.1 Å². The number of ether oxygens (including phenoxy) is 1. The largest absolute Gasteiger partial charge is 0.467 e. The Morgan fingerprint density at radius 3 is 2.65 bits per heavy atom. The molecule has 3 amide bonds. The van der Waals surface area contributed by atoms with Gasteiger partial charge in [-0.25, -0.2) is 9.59 Å². The molecule has 0 fully saturated rings. The summed E-state index contributed by atoms with van der Waals surface area (Å²) in [6, 6.07) is 5.65. The van der Waals surface area contributed by atoms with Gasteiger partial charge in [-0.1, -0.05) is 11.6 Å². The van der Waals surface area contributed by atoms with E-state index >= 15 is 0 Å². The molecule has 1 aromatic carbocycles. The fourth-order valence-electron chi connectivity index (χ4n) is 1.78. The van der Waals surface area contributed by atoms with Gasteiger partial charge in [-0.3, -0.25) is 20.2 Å². The second kappa shape index (κ2) is 8.62. The van der Waals surface area contributed by atoms with Gasteiger partial charge in [0.1, 0.15) is 5.76 Å². The van der Waals surface area contributed by atoms with E-state index < -0.39 is 29.4 Å². The van der Waals surface area contributed by atoms with Gasteiger partial charge in [0.05, 0.1) is 28.3 Å². The standard InChI is InChI=1S/C15H12ClN3O7/c16-12-6-9(19(23)24)3-4-11(12)14(21)26-8-13(20)18-15(22)17-7-10-2-1-5-25-10/h1-6H,7-8H2,(H2,17,18,20,22). The van der Waals surface area contributed by atoms with Crippen LogP contribution in [0, 0.1) is 10.1 Å². The summed E-state index contributed by atoms with van der Waals surface area (Å²) in [5.74, 6) is -1.34. The lowest BCUT2D eigenvalue weighted by Crippen LogP contribution is -2.41. The quantitative estimate of drug-likeness (QED) is 0.443. The first kappa shape index (κ1) is 18.9. The van der Waals surface area contributed by atoms with Gasteiger partial charge in [-0.05, 0) is 18.2 Å². The van der Waals surface area contributed by atoms with Crippen molar-refractivity contribution in [2.75, 3.05) is 6.61 Å². The summed E-state index contributed by atoms with van der Waals surface area (Å²) in [6.07, 6.45) is 1.43. The monoisotopic (exact) mass is 381 g/mol. The first-order valence-corrected chi connectivity index (χ1v) is 7.45. The number of non-ortho nitro benzene ring substituents is 1. The van der Waals surface area contributed by atoms with Crippen molar-refractivity contribution >= 4 is 35.2 Å². The fourth-order valence-corrected chi connectivity index (χ4v) is 2.03. The Morgan fingerprint density at radius 1 is 1.27 bits per heavy atom. The average molecular weight is 382 g/mol. The van der Waals surface area contributed by atoms with Crippen molar-refractivity contribution in [3.8, 4) is 0 Å². The maximum Gasteiger partial charge on any atom is 0.340 e. The second-order valence-electron chi connectivity index (χ2n) is 4.81. The number of nitrogens with one attached hydrogen (secondary N) is 2. The summed E-state index contributed by atoms with van der Waals surface area (Å²) in [4.78, 5) is 44.9. The van der Waals surface area contributed by atoms with Gasteiger partial charge >= 0.3 is 12.0 Å². The van der Waals surface area contributed by atoms with Crippen LogP contribution in [0.25, 0.3) is 0 Å². The number of rotatable bonds is 6. The first-order valence-electron chi connectivity index (χ1n) is 7.08. The molecule has 1 aromatic heterocycles. The van der Waals surface area contributed by atoms with Gasteiger partial charge in [0.15, 0.2) is 6.61 Å². The van der Waals surface area contributed by atoms with E-state index in [1.165, 1.54) is 6.26 Å². The Hall–Kier alpha value is -3.40. The number of amides is 3. The third-order valence-corrected chi connectivity index (χ3v) is 3.29. The Morgan fingerprint density at radius 2 is 2.04 bits per heavy atom. The molecule has 0 bridgehead atoms. The van der Waals surface area contributed by atoms with E-state index in [0.29, 0.717) is 5.76 Å². The highest BCUT2D eigenvalue weighted by atomic mass is 35.5. The highest BCUT2D eigenvalue weighted by Gasteiger charge is 2.18. The summed E-state index contributed by atoms with van der Waals surface area (Å²) in [6.45, 7) is -0.662. The van der Waals surface area contributed by atoms with Gasteiger partial charge in [0.25, 0.3) is 11.6 Å². The average Bonchev–Trinajstić information content (AvgIpc) is 3.11. The van der Waals surface area contributed by atoms with Crippen LogP contribution in [0.5, 0.6) is 0 Å². The molecule has 0 aliphatic carbocycles. The number of halogens is 1. The number of esters is 1. The Bertz CT molecular complexity index is 836. The molecule has 11 heteroatoms. The van der Waals surface area contributed by atoms with Gasteiger partial charge in [-0.15, -0.1) is 0 Å². The first-order chi connectivity index (χ1) is 12.4. The molecule has 2 N–H and O–H groups in total. The zero-order chi connectivity index (χ0) is 19.1. The molecule has 0 saturated carbocycles. The molecule has 136 valence electrons. The van der Waals surface area contributed by atoms with Crippen LogP contribution in [-0.4, -0.2) is 29.4 Å². The maximum atomic E-state index is 11.8. The molecule has 0 aliphatic heterocycles. The molecule has 0 radical (unpaired) electrons. The number of hydrogen-bond acceptors (Lipinski definition) is 7. The number of imide groups is 1. The van der Waals surface area contributed by atoms with Crippen LogP contribution >= 0.6 is 11.6 Å². The fraction of sp³-hybridized carbons (Fsp3) is 0.133. The minimum Gasteiger partial charge on any atom is -0.467 e. The molecule has 0 atom stereocenters. The lowest BCUT2D eigenvalue weighted by molar-refractivity contribution is -0.384. The van der Waals surface area contributed by atoms with Crippen molar-refractivity contribution in [1.29, 1.82) is 0 Å². The summed E-state index contributed by atoms with van der Waals surface area (Å²) in [5.41, 5.74) is -0.440. The van der Waals surface area contributed by atoms with E-state index in [1.807, 2.05) is 5.32 Å². The normalized spacial score (nSPS) is 10.0. The van der Waals surface area contributed by atoms with Gasteiger partial charge in [-0.2, -0.15) is 0 Å². The highest BCUT2D eigenvalue weighted by molar-refractivity contribution is 6.33. The predicted octanol–water partition coefficient (Wildman–Crippen LogP) is 2.02. The number of carbonyl (C=O) groups is 3. The minimum absolute atomic E-state index is 0.0737. The number of nitrogens with zero attached hydrogens (tertiary/aromatic N) is 1. The number of hydrogen-bond donors (Lipinski definition) is 2. The number of urea groups is 1. The molecular formula is C15H12ClN3O7. The SMILES string of the molecule is O=C(COC(=O)c1ccc([N+](=O)[O-])cc1Cl)NC(=O)NCc1ccco1. The third-order valence-electron chi connectivity index (χ3n) is 2.97. The Kier molecular flexibility index (Phi) is 6.28. The number of carbonyl (C=O) groups excluding carboxylic acids is 3. The Labute approximate surface area is 151 Å². The Balaban J connectivity index is 1.80. The molecule has 0 spiro atoms. The molecule has 2 aromatic rings. The maximum absolute atomic E-state index is 11.8. The zero-order valence-electron chi connectivity index (χ0n) is 13.1. The van der Waals surface area contributed by atoms with E-state index in [4.69, 9.17) is 20.8 Å². The molecule has 1 heterocycles. The van der Waals surface area contributed by atoms with Crippen molar-refractivity contribution in [2.45, 2.75) is 6.54 Å². The topological polar surface area (TPSA) is 141 Å². The summed E-state index contributed by atoms with van der Waals surface area (Å²) < 4.78 is 9.72. The van der Waals surface area contributed by atoms with Crippen LogP contribution in [0.2, 0.25) is 5.02 Å². The zero-order valence-corrected chi connectivity index (χ0v) is 13.8. The van der Waals surface area contributed by atoms with Gasteiger partial charge in [0, 0.05) is 12.1 Å². The third kappa shape index (κ3) is 5.31. The van der Waals surface area contributed by atoms with Gasteiger partial charge < -0.3 is 14.5 Å². The van der Waals surface area contributed by atoms with E-state index in [0.717, 1.165) is 18.2 Å². The van der Waals surface area contributed by atoms with Crippen molar-refractivity contribution in [3.63, 3.8) is 0 Å². The van der Waals surface area contributed by atoms with Crippen LogP contribution in [0.4, 0.5) is 10.5 Å². The second-order valence-corrected chi connectivity index (χ2v) is 5.21. The number of nitro benzene ring substituents is 1. The molecule has 0 aliphatic rings. The summed E-state index contributed by atoms with van der Waals surface area (Å²) >= 11 is 5.78.